The molecule has 2 amide bonds. The second-order valence-electron chi connectivity index (χ2n) is 8.56. The average Bonchev–Trinajstić information content (AvgIpc) is 3.13. The number of ether oxygens (including phenoxy) is 1. The molecule has 1 aliphatic carbocycles. The van der Waals surface area contributed by atoms with Gasteiger partial charge in [0.05, 0.1) is 18.3 Å². The van der Waals surface area contributed by atoms with Crippen molar-refractivity contribution in [2.24, 2.45) is 5.92 Å². The molecule has 8 nitrogen and oxygen atoms in total. The highest BCUT2D eigenvalue weighted by molar-refractivity contribution is 5.93. The van der Waals surface area contributed by atoms with Gasteiger partial charge in [0.2, 0.25) is 0 Å². The molecule has 8 heteroatoms. The zero-order valence-corrected chi connectivity index (χ0v) is 18.3. The first-order chi connectivity index (χ1) is 16.5. The fourth-order valence-electron chi connectivity index (χ4n) is 4.62. The number of nitrogens with one attached hydrogen (secondary N) is 1. The molecule has 2 aromatic carbocycles. The van der Waals surface area contributed by atoms with Crippen LogP contribution in [0.1, 0.15) is 34.0 Å². The lowest BCUT2D eigenvalue weighted by atomic mass is 9.96. The monoisotopic (exact) mass is 457 g/mol. The minimum atomic E-state index is -0.862. The number of amides is 2. The fraction of sp³-hybridized carbons (Fsp3) is 0.231. The normalized spacial score (nSPS) is 14.6. The van der Waals surface area contributed by atoms with Crippen molar-refractivity contribution in [3.05, 3.63) is 83.7 Å². The molecule has 34 heavy (non-hydrogen) atoms. The molecule has 0 unspecified atom stereocenters. The van der Waals surface area contributed by atoms with E-state index in [1.165, 1.54) is 12.3 Å². The van der Waals surface area contributed by atoms with Gasteiger partial charge < -0.3 is 14.7 Å². The zero-order valence-electron chi connectivity index (χ0n) is 18.3. The van der Waals surface area contributed by atoms with Crippen LogP contribution in [0.3, 0.4) is 0 Å². The quantitative estimate of drug-likeness (QED) is 0.579. The Bertz CT molecular complexity index is 1210. The van der Waals surface area contributed by atoms with Crippen molar-refractivity contribution in [3.63, 3.8) is 0 Å². The van der Waals surface area contributed by atoms with Crippen LogP contribution in [0.5, 0.6) is 0 Å². The predicted octanol–water partition coefficient (Wildman–Crippen LogP) is 3.99. The Labute approximate surface area is 196 Å². The van der Waals surface area contributed by atoms with E-state index in [0.29, 0.717) is 18.8 Å². The van der Waals surface area contributed by atoms with Crippen molar-refractivity contribution in [3.8, 4) is 11.1 Å². The molecule has 1 saturated heterocycles. The van der Waals surface area contributed by atoms with Crippen LogP contribution in [-0.2, 0) is 9.53 Å². The van der Waals surface area contributed by atoms with Gasteiger partial charge in [0.15, 0.2) is 0 Å². The molecule has 1 aliphatic heterocycles. The highest BCUT2D eigenvalue weighted by atomic mass is 16.5. The van der Waals surface area contributed by atoms with Gasteiger partial charge in [-0.3, -0.25) is 14.9 Å². The van der Waals surface area contributed by atoms with Gasteiger partial charge in [-0.25, -0.2) is 9.78 Å². The molecule has 3 aromatic rings. The fourth-order valence-corrected chi connectivity index (χ4v) is 4.62. The number of pyridine rings is 1. The lowest BCUT2D eigenvalue weighted by Gasteiger charge is -2.38. The third kappa shape index (κ3) is 4.22. The number of rotatable bonds is 6. The van der Waals surface area contributed by atoms with E-state index in [9.17, 15) is 14.4 Å². The van der Waals surface area contributed by atoms with E-state index in [-0.39, 0.29) is 36.5 Å². The van der Waals surface area contributed by atoms with Gasteiger partial charge in [-0.2, -0.15) is 0 Å². The maximum absolute atomic E-state index is 12.4. The number of hydrogen-bond acceptors (Lipinski definition) is 5. The first kappa shape index (κ1) is 21.6. The number of benzene rings is 2. The smallest absolute Gasteiger partial charge is 0.411 e. The zero-order chi connectivity index (χ0) is 23.7. The lowest BCUT2D eigenvalue weighted by molar-refractivity contribution is -0.139. The summed E-state index contributed by atoms with van der Waals surface area (Å²) in [5.41, 5.74) is 5.25. The summed E-state index contributed by atoms with van der Waals surface area (Å²) in [5, 5.41) is 11.5. The van der Waals surface area contributed by atoms with Crippen LogP contribution in [0, 0.1) is 5.92 Å². The summed E-state index contributed by atoms with van der Waals surface area (Å²) in [6, 6.07) is 19.4. The number of aromatic nitrogens is 1. The highest BCUT2D eigenvalue weighted by Gasteiger charge is 2.33. The van der Waals surface area contributed by atoms with Crippen molar-refractivity contribution in [1.82, 2.24) is 9.88 Å². The number of aliphatic carboxylic acids is 1. The van der Waals surface area contributed by atoms with Crippen LogP contribution in [0.4, 0.5) is 10.5 Å². The summed E-state index contributed by atoms with van der Waals surface area (Å²) in [5.74, 6) is -1.16. The number of fused-ring (bicyclic) bond motifs is 3. The average molecular weight is 457 g/mol. The summed E-state index contributed by atoms with van der Waals surface area (Å²) in [6.07, 6.45) is 0.866. The number of carboxylic acids is 1. The van der Waals surface area contributed by atoms with Gasteiger partial charge in [0.25, 0.3) is 5.91 Å². The summed E-state index contributed by atoms with van der Waals surface area (Å²) in [6.45, 7) is 1.02. The summed E-state index contributed by atoms with van der Waals surface area (Å²) >= 11 is 0. The largest absolute Gasteiger partial charge is 0.481 e. The third-order valence-corrected chi connectivity index (χ3v) is 6.28. The SMILES string of the molecule is O=C(O)CC1CN(C(=O)c2ccc(NC(=O)OCC3c4ccccc4-c4ccccc43)cn2)C1. The van der Waals surface area contributed by atoms with Gasteiger partial charge in [0.1, 0.15) is 12.3 Å². The molecule has 2 heterocycles. The van der Waals surface area contributed by atoms with Crippen molar-refractivity contribution in [2.75, 3.05) is 25.0 Å². The maximum atomic E-state index is 12.4. The Kier molecular flexibility index (Phi) is 5.71. The van der Waals surface area contributed by atoms with Gasteiger partial charge >= 0.3 is 12.1 Å². The third-order valence-electron chi connectivity index (χ3n) is 6.28. The molecular formula is C26H23N3O5. The van der Waals surface area contributed by atoms with Crippen LogP contribution in [0.2, 0.25) is 0 Å². The molecule has 172 valence electrons. The topological polar surface area (TPSA) is 109 Å². The Hall–Kier alpha value is -4.20. The van der Waals surface area contributed by atoms with E-state index >= 15 is 0 Å². The second kappa shape index (κ2) is 8.97. The number of hydrogen-bond donors (Lipinski definition) is 2. The van der Waals surface area contributed by atoms with E-state index in [0.717, 1.165) is 22.3 Å². The van der Waals surface area contributed by atoms with Crippen LogP contribution in [0.15, 0.2) is 66.9 Å². The standard InChI is InChI=1S/C26H23N3O5/c30-24(31)11-16-13-29(14-16)25(32)23-10-9-17(12-27-23)28-26(33)34-15-22-20-7-3-1-5-18(20)19-6-2-4-8-21(19)22/h1-10,12,16,22H,11,13-15H2,(H,28,33)(H,30,31). The second-order valence-corrected chi connectivity index (χ2v) is 8.56. The molecule has 0 atom stereocenters. The van der Waals surface area contributed by atoms with Gasteiger partial charge in [-0.1, -0.05) is 48.5 Å². The Morgan fingerprint density at radius 1 is 0.971 bits per heavy atom. The number of carbonyl (C=O) groups excluding carboxylic acids is 2. The molecule has 1 fully saturated rings. The van der Waals surface area contributed by atoms with Crippen LogP contribution in [0.25, 0.3) is 11.1 Å². The minimum Gasteiger partial charge on any atom is -0.481 e. The van der Waals surface area contributed by atoms with Gasteiger partial charge in [-0.15, -0.1) is 0 Å². The first-order valence-corrected chi connectivity index (χ1v) is 11.1. The molecular weight excluding hydrogens is 434 g/mol. The van der Waals surface area contributed by atoms with E-state index in [1.54, 1.807) is 11.0 Å². The molecule has 0 bridgehead atoms. The van der Waals surface area contributed by atoms with Crippen molar-refractivity contribution in [2.45, 2.75) is 12.3 Å². The Morgan fingerprint density at radius 3 is 2.21 bits per heavy atom. The summed E-state index contributed by atoms with van der Waals surface area (Å²) < 4.78 is 5.53. The first-order valence-electron chi connectivity index (χ1n) is 11.1. The number of carboxylic acid groups (broad SMARTS) is 1. The van der Waals surface area contributed by atoms with Gasteiger partial charge in [0, 0.05) is 24.9 Å². The summed E-state index contributed by atoms with van der Waals surface area (Å²) in [4.78, 5) is 41.3. The molecule has 1 aromatic heterocycles. The predicted molar refractivity (Wildman–Crippen MR) is 125 cm³/mol. The molecule has 0 saturated carbocycles. The Balaban J connectivity index is 1.16. The maximum Gasteiger partial charge on any atom is 0.411 e. The molecule has 0 spiro atoms. The van der Waals surface area contributed by atoms with Crippen molar-refractivity contribution in [1.29, 1.82) is 0 Å². The van der Waals surface area contributed by atoms with E-state index in [4.69, 9.17) is 9.84 Å². The van der Waals surface area contributed by atoms with E-state index < -0.39 is 12.1 Å². The van der Waals surface area contributed by atoms with E-state index in [1.807, 2.05) is 24.3 Å². The molecule has 5 rings (SSSR count). The number of likely N-dealkylation sites (tertiary alicyclic amines) is 1. The van der Waals surface area contributed by atoms with Crippen molar-refractivity contribution < 1.29 is 24.2 Å². The molecule has 2 N–H and O–H groups in total. The van der Waals surface area contributed by atoms with Crippen LogP contribution < -0.4 is 5.32 Å². The van der Waals surface area contributed by atoms with Crippen molar-refractivity contribution >= 4 is 23.7 Å². The minimum absolute atomic E-state index is 0.0176. The van der Waals surface area contributed by atoms with Gasteiger partial charge in [-0.05, 0) is 34.4 Å². The lowest BCUT2D eigenvalue weighted by Crippen LogP contribution is -2.50. The van der Waals surface area contributed by atoms with Crippen LogP contribution in [-0.4, -0.2) is 52.7 Å². The van der Waals surface area contributed by atoms with E-state index in [2.05, 4.69) is 34.6 Å². The number of carbonyl (C=O) groups is 3. The summed E-state index contributed by atoms with van der Waals surface area (Å²) in [7, 11) is 0. The Morgan fingerprint density at radius 2 is 1.62 bits per heavy atom. The number of anilines is 1. The highest BCUT2D eigenvalue weighted by Crippen LogP contribution is 2.44. The molecule has 2 aliphatic rings. The molecule has 0 radical (unpaired) electrons. The number of nitrogens with zero attached hydrogens (tertiary/aromatic N) is 2. The van der Waals surface area contributed by atoms with Crippen LogP contribution >= 0.6 is 0 Å².